The first-order valence-electron chi connectivity index (χ1n) is 13.5. The molecule has 3 saturated heterocycles. The monoisotopic (exact) mass is 607 g/mol. The number of aliphatic hydroxyl groups excluding tert-OH is 1. The molecule has 0 saturated carbocycles. The molecule has 208 valence electrons. The molecule has 3 aliphatic heterocycles. The van der Waals surface area contributed by atoms with E-state index in [0.717, 1.165) is 24.5 Å². The van der Waals surface area contributed by atoms with E-state index >= 15 is 0 Å². The normalized spacial score (nSPS) is 29.3. The Hall–Kier alpha value is -2.04. The molecule has 10 heteroatoms. The van der Waals surface area contributed by atoms with Crippen molar-refractivity contribution in [2.75, 3.05) is 49.2 Å². The molecular weight excluding hydrogens is 570 g/mol. The van der Waals surface area contributed by atoms with E-state index in [2.05, 4.69) is 41.3 Å². The smallest absolute Gasteiger partial charge is 0.310 e. The second kappa shape index (κ2) is 12.0. The SMILES string of the molecule is C=CCN(C(=O)C1N(CCCO)C(=O)[C@@H]2[C@H](C(=O)OCC)[C@H]3SC12CC3Br)c1ccc(N(CC)CC)cc1. The van der Waals surface area contributed by atoms with Crippen molar-refractivity contribution < 1.29 is 24.2 Å². The van der Waals surface area contributed by atoms with E-state index in [1.54, 1.807) is 34.6 Å². The summed E-state index contributed by atoms with van der Waals surface area (Å²) in [7, 11) is 0. The number of carbonyl (C=O) groups is 3. The lowest BCUT2D eigenvalue weighted by atomic mass is 9.71. The van der Waals surface area contributed by atoms with Gasteiger partial charge < -0.3 is 24.5 Å². The average molecular weight is 609 g/mol. The highest BCUT2D eigenvalue weighted by Gasteiger charge is 2.76. The number of amides is 2. The number of alkyl halides is 1. The van der Waals surface area contributed by atoms with Crippen molar-refractivity contribution >= 4 is 56.9 Å². The van der Waals surface area contributed by atoms with E-state index in [1.807, 2.05) is 24.3 Å². The average Bonchev–Trinajstić information content (AvgIpc) is 3.50. The highest BCUT2D eigenvalue weighted by Crippen LogP contribution is 2.68. The van der Waals surface area contributed by atoms with Crippen LogP contribution in [0.3, 0.4) is 0 Å². The van der Waals surface area contributed by atoms with Crippen molar-refractivity contribution in [3.8, 4) is 0 Å². The number of carbonyl (C=O) groups excluding carboxylic acids is 3. The van der Waals surface area contributed by atoms with Gasteiger partial charge in [0, 0.05) is 54.2 Å². The number of aliphatic hydroxyl groups is 1. The number of halogens is 1. The van der Waals surface area contributed by atoms with Gasteiger partial charge in [0.15, 0.2) is 0 Å². The molecule has 1 aromatic carbocycles. The summed E-state index contributed by atoms with van der Waals surface area (Å²) in [6.07, 6.45) is 2.64. The summed E-state index contributed by atoms with van der Waals surface area (Å²) in [5, 5.41) is 9.43. The maximum Gasteiger partial charge on any atom is 0.310 e. The van der Waals surface area contributed by atoms with Crippen LogP contribution in [-0.2, 0) is 19.1 Å². The zero-order valence-corrected chi connectivity index (χ0v) is 24.7. The second-order valence-corrected chi connectivity index (χ2v) is 12.7. The molecule has 6 atom stereocenters. The Kier molecular flexibility index (Phi) is 9.15. The fourth-order valence-electron chi connectivity index (χ4n) is 6.43. The Labute approximate surface area is 237 Å². The van der Waals surface area contributed by atoms with E-state index in [4.69, 9.17) is 4.74 Å². The molecule has 1 N–H and O–H groups in total. The summed E-state index contributed by atoms with van der Waals surface area (Å²) in [6, 6.07) is 7.14. The van der Waals surface area contributed by atoms with Gasteiger partial charge in [-0.05, 0) is 57.9 Å². The zero-order chi connectivity index (χ0) is 27.6. The van der Waals surface area contributed by atoms with Gasteiger partial charge in [0.05, 0.1) is 23.2 Å². The number of anilines is 2. The first-order valence-corrected chi connectivity index (χ1v) is 15.3. The highest BCUT2D eigenvalue weighted by atomic mass is 79.9. The van der Waals surface area contributed by atoms with Crippen molar-refractivity contribution in [1.29, 1.82) is 0 Å². The third-order valence-corrected chi connectivity index (χ3v) is 11.2. The first-order chi connectivity index (χ1) is 18.3. The summed E-state index contributed by atoms with van der Waals surface area (Å²) in [4.78, 5) is 47.0. The minimum Gasteiger partial charge on any atom is -0.466 e. The molecule has 3 fully saturated rings. The maximum atomic E-state index is 14.5. The van der Waals surface area contributed by atoms with E-state index in [9.17, 15) is 19.5 Å². The molecule has 8 nitrogen and oxygen atoms in total. The van der Waals surface area contributed by atoms with Gasteiger partial charge in [0.25, 0.3) is 5.91 Å². The van der Waals surface area contributed by atoms with Crippen LogP contribution in [0.2, 0.25) is 0 Å². The van der Waals surface area contributed by atoms with Crippen molar-refractivity contribution in [1.82, 2.24) is 4.90 Å². The number of hydrogen-bond donors (Lipinski definition) is 1. The molecular formula is C28H38BrN3O5S. The summed E-state index contributed by atoms with van der Waals surface area (Å²) in [6.45, 7) is 12.3. The van der Waals surface area contributed by atoms with Crippen LogP contribution in [0.25, 0.3) is 0 Å². The third kappa shape index (κ3) is 4.77. The Morgan fingerprint density at radius 1 is 1.24 bits per heavy atom. The van der Waals surface area contributed by atoms with Gasteiger partial charge in [-0.1, -0.05) is 22.0 Å². The number of thioether (sulfide) groups is 1. The predicted molar refractivity (Wildman–Crippen MR) is 155 cm³/mol. The summed E-state index contributed by atoms with van der Waals surface area (Å²) in [5.41, 5.74) is 1.81. The van der Waals surface area contributed by atoms with Crippen LogP contribution >= 0.6 is 27.7 Å². The van der Waals surface area contributed by atoms with Crippen molar-refractivity contribution in [2.24, 2.45) is 11.8 Å². The third-order valence-electron chi connectivity index (χ3n) is 8.01. The van der Waals surface area contributed by atoms with E-state index < -0.39 is 22.6 Å². The van der Waals surface area contributed by atoms with Gasteiger partial charge in [0.2, 0.25) is 5.91 Å². The number of rotatable bonds is 12. The van der Waals surface area contributed by atoms with Gasteiger partial charge in [-0.25, -0.2) is 0 Å². The van der Waals surface area contributed by atoms with E-state index in [1.165, 1.54) is 0 Å². The summed E-state index contributed by atoms with van der Waals surface area (Å²) in [5.74, 6) is -2.00. The molecule has 3 aliphatic rings. The Bertz CT molecular complexity index is 1050. The lowest BCUT2D eigenvalue weighted by Crippen LogP contribution is -2.55. The fraction of sp³-hybridized carbons (Fsp3) is 0.607. The lowest BCUT2D eigenvalue weighted by molar-refractivity contribution is -0.153. The van der Waals surface area contributed by atoms with Crippen LogP contribution in [0.5, 0.6) is 0 Å². The molecule has 3 unspecified atom stereocenters. The van der Waals surface area contributed by atoms with E-state index in [0.29, 0.717) is 12.8 Å². The maximum absolute atomic E-state index is 14.5. The van der Waals surface area contributed by atoms with Gasteiger partial charge >= 0.3 is 5.97 Å². The Morgan fingerprint density at radius 3 is 2.47 bits per heavy atom. The van der Waals surface area contributed by atoms with Crippen LogP contribution in [0.15, 0.2) is 36.9 Å². The minimum atomic E-state index is -0.761. The summed E-state index contributed by atoms with van der Waals surface area (Å²) < 4.78 is 4.65. The zero-order valence-electron chi connectivity index (χ0n) is 22.3. The quantitative estimate of drug-likeness (QED) is 0.221. The van der Waals surface area contributed by atoms with Crippen LogP contribution in [0, 0.1) is 11.8 Å². The Morgan fingerprint density at radius 2 is 1.89 bits per heavy atom. The molecule has 4 rings (SSSR count). The molecule has 38 heavy (non-hydrogen) atoms. The van der Waals surface area contributed by atoms with Crippen molar-refractivity contribution in [2.45, 2.75) is 54.5 Å². The van der Waals surface area contributed by atoms with Crippen molar-refractivity contribution in [3.05, 3.63) is 36.9 Å². The van der Waals surface area contributed by atoms with Crippen LogP contribution in [0.1, 0.15) is 33.6 Å². The molecule has 2 amide bonds. The Balaban J connectivity index is 1.74. The largest absolute Gasteiger partial charge is 0.466 e. The standard InChI is InChI=1S/C28H38BrN3O5S/c1-5-14-31(19-12-10-18(11-13-19)30(6-2)7-3)26(35)24-28-17-20(29)23(38-28)21(27(36)37-8-4)22(28)25(34)32(24)15-9-16-33/h5,10-13,20-24,33H,1,6-9,14-17H2,2-4H3/t20?,21-,22-,23-,24?,28?/m0/s1. The number of nitrogens with zero attached hydrogens (tertiary/aromatic N) is 3. The molecule has 0 radical (unpaired) electrons. The fourth-order valence-corrected chi connectivity index (χ4v) is 10.0. The summed E-state index contributed by atoms with van der Waals surface area (Å²) >= 11 is 5.35. The van der Waals surface area contributed by atoms with Gasteiger partial charge in [0.1, 0.15) is 6.04 Å². The number of ether oxygens (including phenoxy) is 1. The highest BCUT2D eigenvalue weighted by molar-refractivity contribution is 9.09. The van der Waals surface area contributed by atoms with E-state index in [-0.39, 0.29) is 54.2 Å². The topological polar surface area (TPSA) is 90.4 Å². The number of fused-ring (bicyclic) bond motifs is 1. The molecule has 1 spiro atoms. The first kappa shape index (κ1) is 29.0. The number of esters is 1. The van der Waals surface area contributed by atoms with Crippen LogP contribution < -0.4 is 9.80 Å². The number of likely N-dealkylation sites (tertiary alicyclic amines) is 1. The number of hydrogen-bond acceptors (Lipinski definition) is 7. The molecule has 1 aromatic rings. The molecule has 3 heterocycles. The second-order valence-electron chi connectivity index (χ2n) is 9.95. The van der Waals surface area contributed by atoms with Gasteiger partial charge in [-0.15, -0.1) is 18.3 Å². The molecule has 0 aliphatic carbocycles. The predicted octanol–water partition coefficient (Wildman–Crippen LogP) is 3.46. The van der Waals surface area contributed by atoms with Crippen molar-refractivity contribution in [3.63, 3.8) is 0 Å². The molecule has 2 bridgehead atoms. The minimum absolute atomic E-state index is 0.0137. The van der Waals surface area contributed by atoms with Crippen LogP contribution in [0.4, 0.5) is 11.4 Å². The van der Waals surface area contributed by atoms with Gasteiger partial charge in [-0.3, -0.25) is 14.4 Å². The van der Waals surface area contributed by atoms with Gasteiger partial charge in [-0.2, -0.15) is 0 Å². The lowest BCUT2D eigenvalue weighted by Gasteiger charge is -2.38. The number of benzene rings is 1. The molecule has 0 aromatic heterocycles. The van der Waals surface area contributed by atoms with Crippen LogP contribution in [-0.4, -0.2) is 88.0 Å².